The Morgan fingerprint density at radius 2 is 2.08 bits per heavy atom. The average Bonchev–Trinajstić information content (AvgIpc) is 3.12. The van der Waals surface area contributed by atoms with Gasteiger partial charge in [-0.25, -0.2) is 4.98 Å². The van der Waals surface area contributed by atoms with Gasteiger partial charge in [-0.2, -0.15) is 5.10 Å². The molecule has 9 heteroatoms. The van der Waals surface area contributed by atoms with Crippen molar-refractivity contribution in [2.24, 2.45) is 7.05 Å². The Labute approximate surface area is 152 Å². The molecule has 0 saturated heterocycles. The molecule has 2 N–H and O–H groups in total. The summed E-state index contributed by atoms with van der Waals surface area (Å²) in [6.07, 6.45) is 7.35. The first-order chi connectivity index (χ1) is 10.7. The summed E-state index contributed by atoms with van der Waals surface area (Å²) >= 11 is 0. The molecule has 0 spiro atoms. The van der Waals surface area contributed by atoms with Crippen LogP contribution in [0.2, 0.25) is 0 Å². The lowest BCUT2D eigenvalue weighted by atomic mass is 10.1. The van der Waals surface area contributed by atoms with Crippen LogP contribution in [0.3, 0.4) is 0 Å². The van der Waals surface area contributed by atoms with Gasteiger partial charge in [0.15, 0.2) is 0 Å². The van der Waals surface area contributed by atoms with Crippen molar-refractivity contribution in [1.29, 1.82) is 0 Å². The third-order valence-electron chi connectivity index (χ3n) is 3.47. The van der Waals surface area contributed by atoms with Crippen LogP contribution in [-0.4, -0.2) is 32.1 Å². The lowest BCUT2D eigenvalue weighted by Crippen LogP contribution is -2.35. The Hall–Kier alpha value is -2.09. The van der Waals surface area contributed by atoms with Gasteiger partial charge in [0.1, 0.15) is 11.7 Å². The number of pyridine rings is 1. The predicted molar refractivity (Wildman–Crippen MR) is 96.5 cm³/mol. The van der Waals surface area contributed by atoms with Crippen LogP contribution in [-0.2, 0) is 18.4 Å². The number of carbonyl (C=O) groups excluding carboxylic acids is 1. The van der Waals surface area contributed by atoms with Crippen LogP contribution >= 0.6 is 24.8 Å². The van der Waals surface area contributed by atoms with Crippen molar-refractivity contribution in [3.05, 3.63) is 54.2 Å². The smallest absolute Gasteiger partial charge is 0.242 e. The predicted octanol–water partition coefficient (Wildman–Crippen LogP) is 1.49. The van der Waals surface area contributed by atoms with Gasteiger partial charge in [0.2, 0.25) is 5.91 Å². The summed E-state index contributed by atoms with van der Waals surface area (Å²) in [5.41, 5.74) is 2.52. The molecule has 3 aromatic heterocycles. The molecule has 130 valence electrons. The molecule has 0 aromatic carbocycles. The second-order valence-corrected chi connectivity index (χ2v) is 5.09. The first-order valence-corrected chi connectivity index (χ1v) is 7.03. The van der Waals surface area contributed by atoms with Gasteiger partial charge in [0.05, 0.1) is 18.4 Å². The lowest BCUT2D eigenvalue weighted by molar-refractivity contribution is -0.123. The van der Waals surface area contributed by atoms with Crippen molar-refractivity contribution in [2.75, 3.05) is 7.05 Å². The van der Waals surface area contributed by atoms with Crippen LogP contribution in [0.5, 0.6) is 0 Å². The third-order valence-corrected chi connectivity index (χ3v) is 3.47. The Balaban J connectivity index is 0.00000144. The van der Waals surface area contributed by atoms with E-state index in [1.165, 1.54) is 0 Å². The van der Waals surface area contributed by atoms with Crippen molar-refractivity contribution in [3.63, 3.8) is 0 Å². The highest BCUT2D eigenvalue weighted by atomic mass is 35.5. The number of amides is 1. The zero-order valence-corrected chi connectivity index (χ0v) is 15.0. The second kappa shape index (κ2) is 8.68. The molecule has 0 saturated carbocycles. The summed E-state index contributed by atoms with van der Waals surface area (Å²) in [4.78, 5) is 16.8. The highest BCUT2D eigenvalue weighted by Crippen LogP contribution is 2.11. The largest absolute Gasteiger partial charge is 0.349 e. The number of aromatic nitrogens is 4. The van der Waals surface area contributed by atoms with E-state index in [1.54, 1.807) is 17.9 Å². The maximum absolute atomic E-state index is 12.3. The summed E-state index contributed by atoms with van der Waals surface area (Å²) < 4.78 is 3.60. The van der Waals surface area contributed by atoms with Gasteiger partial charge in [-0.05, 0) is 19.2 Å². The summed E-state index contributed by atoms with van der Waals surface area (Å²) in [6, 6.07) is 5.38. The molecule has 3 heterocycles. The standard InChI is InChI=1S/C15H18N6O.2ClH/c1-16-14(11-7-18-20(2)9-11)15(22)17-8-12-10-21-6-4-3-5-13(21)19-12;;/h3-7,9-10,14,16H,8H2,1-2H3,(H,17,22);2*1H. The fraction of sp³-hybridized carbons (Fsp3) is 0.267. The fourth-order valence-electron chi connectivity index (χ4n) is 2.39. The molecular weight excluding hydrogens is 351 g/mol. The number of imidazole rings is 1. The lowest BCUT2D eigenvalue weighted by Gasteiger charge is -2.13. The zero-order valence-electron chi connectivity index (χ0n) is 13.3. The number of aryl methyl sites for hydroxylation is 1. The summed E-state index contributed by atoms with van der Waals surface area (Å²) in [5, 5.41) is 10.0. The summed E-state index contributed by atoms with van der Waals surface area (Å²) in [7, 11) is 3.58. The van der Waals surface area contributed by atoms with Crippen LogP contribution in [0.25, 0.3) is 5.65 Å². The molecule has 0 fully saturated rings. The van der Waals surface area contributed by atoms with E-state index in [1.807, 2.05) is 48.2 Å². The number of rotatable bonds is 5. The molecule has 1 unspecified atom stereocenters. The van der Waals surface area contributed by atoms with Gasteiger partial charge in [-0.15, -0.1) is 24.8 Å². The Morgan fingerprint density at radius 1 is 1.29 bits per heavy atom. The minimum Gasteiger partial charge on any atom is -0.349 e. The number of hydrogen-bond donors (Lipinski definition) is 2. The second-order valence-electron chi connectivity index (χ2n) is 5.09. The molecule has 0 aliphatic heterocycles. The highest BCUT2D eigenvalue weighted by Gasteiger charge is 2.19. The van der Waals surface area contributed by atoms with Gasteiger partial charge in [0, 0.05) is 31.2 Å². The Bertz CT molecular complexity index is 767. The van der Waals surface area contributed by atoms with E-state index in [9.17, 15) is 4.79 Å². The number of halogens is 2. The molecule has 24 heavy (non-hydrogen) atoms. The van der Waals surface area contributed by atoms with Crippen LogP contribution in [0.1, 0.15) is 17.3 Å². The molecule has 1 atom stereocenters. The molecule has 0 bridgehead atoms. The maximum Gasteiger partial charge on any atom is 0.242 e. The maximum atomic E-state index is 12.3. The molecule has 7 nitrogen and oxygen atoms in total. The average molecular weight is 371 g/mol. The molecule has 3 rings (SSSR count). The van der Waals surface area contributed by atoms with Crippen molar-refractivity contribution in [1.82, 2.24) is 29.8 Å². The first kappa shape index (κ1) is 20.0. The van der Waals surface area contributed by atoms with E-state index in [0.29, 0.717) is 6.54 Å². The minimum absolute atomic E-state index is 0. The monoisotopic (exact) mass is 370 g/mol. The van der Waals surface area contributed by atoms with Crippen molar-refractivity contribution in [3.8, 4) is 0 Å². The summed E-state index contributed by atoms with van der Waals surface area (Å²) in [6.45, 7) is 0.388. The van der Waals surface area contributed by atoms with Crippen LogP contribution < -0.4 is 10.6 Å². The van der Waals surface area contributed by atoms with Gasteiger partial charge >= 0.3 is 0 Å². The number of carbonyl (C=O) groups is 1. The van der Waals surface area contributed by atoms with Crippen LogP contribution in [0.4, 0.5) is 0 Å². The van der Waals surface area contributed by atoms with Gasteiger partial charge < -0.3 is 15.0 Å². The van der Waals surface area contributed by atoms with E-state index in [0.717, 1.165) is 16.9 Å². The number of hydrogen-bond acceptors (Lipinski definition) is 4. The van der Waals surface area contributed by atoms with Crippen LogP contribution in [0, 0.1) is 0 Å². The highest BCUT2D eigenvalue weighted by molar-refractivity contribution is 5.85. The van der Waals surface area contributed by atoms with Gasteiger partial charge in [-0.3, -0.25) is 9.48 Å². The van der Waals surface area contributed by atoms with Crippen LogP contribution in [0.15, 0.2) is 43.0 Å². The SMILES string of the molecule is CNC(C(=O)NCc1cn2ccccc2n1)c1cnn(C)c1.Cl.Cl. The Morgan fingerprint density at radius 3 is 2.71 bits per heavy atom. The normalized spacial score (nSPS) is 11.4. The quantitative estimate of drug-likeness (QED) is 0.713. The third kappa shape index (κ3) is 4.25. The fourth-order valence-corrected chi connectivity index (χ4v) is 2.39. The molecule has 0 aliphatic carbocycles. The number of nitrogens with one attached hydrogen (secondary N) is 2. The topological polar surface area (TPSA) is 76.2 Å². The van der Waals surface area contributed by atoms with Gasteiger partial charge in [0.25, 0.3) is 0 Å². The first-order valence-electron chi connectivity index (χ1n) is 7.03. The molecular formula is C15H20Cl2N6O. The van der Waals surface area contributed by atoms with E-state index in [-0.39, 0.29) is 30.7 Å². The minimum atomic E-state index is -0.425. The van der Waals surface area contributed by atoms with E-state index < -0.39 is 6.04 Å². The van der Waals surface area contributed by atoms with Crippen molar-refractivity contribution in [2.45, 2.75) is 12.6 Å². The van der Waals surface area contributed by atoms with E-state index in [2.05, 4.69) is 20.7 Å². The molecule has 1 amide bonds. The number of nitrogens with zero attached hydrogens (tertiary/aromatic N) is 4. The Kier molecular flexibility index (Phi) is 7.21. The van der Waals surface area contributed by atoms with E-state index in [4.69, 9.17) is 0 Å². The van der Waals surface area contributed by atoms with Gasteiger partial charge in [-0.1, -0.05) is 6.07 Å². The molecule has 3 aromatic rings. The summed E-state index contributed by atoms with van der Waals surface area (Å²) in [5.74, 6) is -0.104. The number of fused-ring (bicyclic) bond motifs is 1. The zero-order chi connectivity index (χ0) is 15.5. The number of likely N-dealkylation sites (N-methyl/N-ethyl adjacent to an activating group) is 1. The van der Waals surface area contributed by atoms with Crippen molar-refractivity contribution < 1.29 is 4.79 Å². The molecule has 0 aliphatic rings. The molecule has 0 radical (unpaired) electrons. The van der Waals surface area contributed by atoms with E-state index >= 15 is 0 Å². The van der Waals surface area contributed by atoms with Crippen molar-refractivity contribution >= 4 is 36.4 Å².